The topological polar surface area (TPSA) is 46.0 Å². The zero-order chi connectivity index (χ0) is 13.4. The van der Waals surface area contributed by atoms with Gasteiger partial charge in [0.25, 0.3) is 0 Å². The number of hydrogen-bond acceptors (Lipinski definition) is 3. The molecule has 0 radical (unpaired) electrons. The Bertz CT molecular complexity index is 754. The van der Waals surface area contributed by atoms with Gasteiger partial charge in [-0.25, -0.2) is 14.4 Å². The minimum absolute atomic E-state index is 0.0726. The van der Waals surface area contributed by atoms with Gasteiger partial charge in [0.05, 0.1) is 11.1 Å². The maximum atomic E-state index is 13.7. The summed E-state index contributed by atoms with van der Waals surface area (Å²) in [7, 11) is 0. The summed E-state index contributed by atoms with van der Waals surface area (Å²) in [5.74, 6) is -0.720. The van der Waals surface area contributed by atoms with Crippen LogP contribution in [0.15, 0.2) is 42.6 Å². The average molecular weight is 258 g/mol. The van der Waals surface area contributed by atoms with Crippen LogP contribution in [0.25, 0.3) is 22.0 Å². The summed E-state index contributed by atoms with van der Waals surface area (Å²) in [5, 5.41) is 10.4. The summed E-state index contributed by atoms with van der Waals surface area (Å²) in [4.78, 5) is 7.08. The van der Waals surface area contributed by atoms with Gasteiger partial charge in [-0.05, 0) is 23.8 Å². The molecule has 3 rings (SSSR count). The third-order valence-corrected chi connectivity index (χ3v) is 2.83. The molecule has 0 amide bonds. The molecule has 19 heavy (non-hydrogen) atoms. The minimum Gasteiger partial charge on any atom is -0.507 e. The van der Waals surface area contributed by atoms with Crippen molar-refractivity contribution in [2.45, 2.75) is 0 Å². The Morgan fingerprint density at radius 2 is 1.89 bits per heavy atom. The van der Waals surface area contributed by atoms with E-state index < -0.39 is 11.9 Å². The summed E-state index contributed by atoms with van der Waals surface area (Å²) in [6.07, 6.45) is 0.505. The first-order valence-electron chi connectivity index (χ1n) is 5.55. The van der Waals surface area contributed by atoms with E-state index in [0.29, 0.717) is 16.5 Å². The lowest BCUT2D eigenvalue weighted by Crippen LogP contribution is -1.90. The van der Waals surface area contributed by atoms with E-state index in [4.69, 9.17) is 0 Å². The summed E-state index contributed by atoms with van der Waals surface area (Å²) in [6, 6.07) is 8.84. The van der Waals surface area contributed by atoms with Crippen LogP contribution in [0.1, 0.15) is 0 Å². The van der Waals surface area contributed by atoms with Crippen LogP contribution >= 0.6 is 0 Å². The van der Waals surface area contributed by atoms with Gasteiger partial charge in [-0.3, -0.25) is 0 Å². The second kappa shape index (κ2) is 4.28. The SMILES string of the molecule is Oc1cccc(F)c1-c1ccc2cnc(F)nc2c1. The normalized spacial score (nSPS) is 10.8. The van der Waals surface area contributed by atoms with Gasteiger partial charge in [0, 0.05) is 11.6 Å². The lowest BCUT2D eigenvalue weighted by Gasteiger charge is -2.07. The molecular formula is C14H8F2N2O. The lowest BCUT2D eigenvalue weighted by atomic mass is 10.0. The zero-order valence-corrected chi connectivity index (χ0v) is 9.64. The van der Waals surface area contributed by atoms with Crippen molar-refractivity contribution in [1.82, 2.24) is 9.97 Å². The Kier molecular flexibility index (Phi) is 2.59. The molecule has 0 saturated heterocycles. The van der Waals surface area contributed by atoms with Gasteiger partial charge in [0.1, 0.15) is 11.6 Å². The van der Waals surface area contributed by atoms with Crippen LogP contribution in [-0.4, -0.2) is 15.1 Å². The van der Waals surface area contributed by atoms with E-state index in [1.54, 1.807) is 12.1 Å². The Morgan fingerprint density at radius 3 is 2.68 bits per heavy atom. The largest absolute Gasteiger partial charge is 0.507 e. The number of hydrogen-bond donors (Lipinski definition) is 1. The van der Waals surface area contributed by atoms with E-state index in [1.165, 1.54) is 30.5 Å². The number of phenols is 1. The van der Waals surface area contributed by atoms with Crippen molar-refractivity contribution in [2.24, 2.45) is 0 Å². The van der Waals surface area contributed by atoms with Gasteiger partial charge in [-0.2, -0.15) is 4.39 Å². The fourth-order valence-corrected chi connectivity index (χ4v) is 1.95. The standard InChI is InChI=1S/C14H8F2N2O/c15-10-2-1-3-12(19)13(10)8-4-5-9-7-17-14(16)18-11(9)6-8/h1-7,19H. The van der Waals surface area contributed by atoms with E-state index in [-0.39, 0.29) is 11.3 Å². The molecule has 1 N–H and O–H groups in total. The maximum Gasteiger partial charge on any atom is 0.309 e. The van der Waals surface area contributed by atoms with Gasteiger partial charge < -0.3 is 5.11 Å². The molecule has 0 aliphatic heterocycles. The summed E-state index contributed by atoms with van der Waals surface area (Å²) >= 11 is 0. The van der Waals surface area contributed by atoms with Crippen molar-refractivity contribution in [2.75, 3.05) is 0 Å². The van der Waals surface area contributed by atoms with E-state index >= 15 is 0 Å². The molecule has 0 fully saturated rings. The highest BCUT2D eigenvalue weighted by Crippen LogP contribution is 2.32. The Morgan fingerprint density at radius 1 is 1.05 bits per heavy atom. The first kappa shape index (κ1) is 11.5. The lowest BCUT2D eigenvalue weighted by molar-refractivity contribution is 0.472. The Labute approximate surface area is 107 Å². The smallest absolute Gasteiger partial charge is 0.309 e. The van der Waals surface area contributed by atoms with Crippen LogP contribution < -0.4 is 0 Å². The van der Waals surface area contributed by atoms with Crippen LogP contribution in [0, 0.1) is 11.9 Å². The first-order valence-corrected chi connectivity index (χ1v) is 5.55. The number of phenolic OH excluding ortho intramolecular Hbond substituents is 1. The summed E-state index contributed by atoms with van der Waals surface area (Å²) in [5.41, 5.74) is 0.859. The molecule has 0 saturated carbocycles. The minimum atomic E-state index is -0.845. The van der Waals surface area contributed by atoms with Crippen molar-refractivity contribution in [3.05, 3.63) is 54.5 Å². The highest BCUT2D eigenvalue weighted by atomic mass is 19.1. The van der Waals surface area contributed by atoms with Crippen LogP contribution in [0.2, 0.25) is 0 Å². The van der Waals surface area contributed by atoms with Gasteiger partial charge in [-0.1, -0.05) is 18.2 Å². The third-order valence-electron chi connectivity index (χ3n) is 2.83. The van der Waals surface area contributed by atoms with Gasteiger partial charge in [0.2, 0.25) is 0 Å². The second-order valence-electron chi connectivity index (χ2n) is 4.05. The summed E-state index contributed by atoms with van der Waals surface area (Å²) < 4.78 is 26.7. The van der Waals surface area contributed by atoms with E-state index in [9.17, 15) is 13.9 Å². The quantitative estimate of drug-likeness (QED) is 0.681. The fourth-order valence-electron chi connectivity index (χ4n) is 1.95. The van der Waals surface area contributed by atoms with Crippen molar-refractivity contribution in [3.8, 4) is 16.9 Å². The number of aromatic nitrogens is 2. The van der Waals surface area contributed by atoms with Crippen LogP contribution in [0.5, 0.6) is 5.75 Å². The first-order chi connectivity index (χ1) is 9.15. The number of fused-ring (bicyclic) bond motifs is 1. The molecule has 0 aliphatic carbocycles. The van der Waals surface area contributed by atoms with Crippen molar-refractivity contribution >= 4 is 10.9 Å². The number of benzene rings is 2. The number of halogens is 2. The maximum absolute atomic E-state index is 13.7. The third kappa shape index (κ3) is 1.99. The van der Waals surface area contributed by atoms with Crippen molar-refractivity contribution < 1.29 is 13.9 Å². The monoisotopic (exact) mass is 258 g/mol. The van der Waals surface area contributed by atoms with E-state index in [0.717, 1.165) is 0 Å². The predicted octanol–water partition coefficient (Wildman–Crippen LogP) is 3.28. The fraction of sp³-hybridized carbons (Fsp3) is 0. The molecular weight excluding hydrogens is 250 g/mol. The van der Waals surface area contributed by atoms with Gasteiger partial charge in [0.15, 0.2) is 0 Å². The molecule has 3 aromatic rings. The van der Waals surface area contributed by atoms with Gasteiger partial charge >= 0.3 is 6.08 Å². The Balaban J connectivity index is 2.26. The van der Waals surface area contributed by atoms with E-state index in [1.807, 2.05) is 0 Å². The molecule has 0 bridgehead atoms. The highest BCUT2D eigenvalue weighted by molar-refractivity contribution is 5.84. The van der Waals surface area contributed by atoms with Crippen LogP contribution in [-0.2, 0) is 0 Å². The molecule has 0 spiro atoms. The molecule has 0 atom stereocenters. The molecule has 1 aromatic heterocycles. The molecule has 5 heteroatoms. The molecule has 3 nitrogen and oxygen atoms in total. The van der Waals surface area contributed by atoms with Crippen LogP contribution in [0.4, 0.5) is 8.78 Å². The predicted molar refractivity (Wildman–Crippen MR) is 66.6 cm³/mol. The average Bonchev–Trinajstić information content (AvgIpc) is 2.38. The molecule has 1 heterocycles. The molecule has 2 aromatic carbocycles. The molecule has 0 aliphatic rings. The van der Waals surface area contributed by atoms with Gasteiger partial charge in [-0.15, -0.1) is 0 Å². The number of aromatic hydroxyl groups is 1. The summed E-state index contributed by atoms with van der Waals surface area (Å²) in [6.45, 7) is 0. The second-order valence-corrected chi connectivity index (χ2v) is 4.05. The van der Waals surface area contributed by atoms with Crippen molar-refractivity contribution in [3.63, 3.8) is 0 Å². The number of nitrogens with zero attached hydrogens (tertiary/aromatic N) is 2. The molecule has 0 unspecified atom stereocenters. The van der Waals surface area contributed by atoms with E-state index in [2.05, 4.69) is 9.97 Å². The number of rotatable bonds is 1. The Hall–Kier alpha value is -2.56. The van der Waals surface area contributed by atoms with Crippen molar-refractivity contribution in [1.29, 1.82) is 0 Å². The van der Waals surface area contributed by atoms with Crippen LogP contribution in [0.3, 0.4) is 0 Å². The molecule has 94 valence electrons. The highest BCUT2D eigenvalue weighted by Gasteiger charge is 2.11. The zero-order valence-electron chi connectivity index (χ0n) is 9.64.